The number of carbonyl (C=O) groups is 1. The SMILES string of the molecule is CC(=O)Nc1cccc(C(O)c2ccccc2[N+](=O)[O-])c1. The summed E-state index contributed by atoms with van der Waals surface area (Å²) < 4.78 is 0. The number of rotatable bonds is 4. The van der Waals surface area contributed by atoms with Crippen molar-refractivity contribution in [3.05, 3.63) is 69.8 Å². The molecule has 1 amide bonds. The summed E-state index contributed by atoms with van der Waals surface area (Å²) >= 11 is 0. The molecule has 0 aliphatic heterocycles. The molecule has 0 aliphatic carbocycles. The minimum atomic E-state index is -1.14. The van der Waals surface area contributed by atoms with Crippen LogP contribution in [0.2, 0.25) is 0 Å². The van der Waals surface area contributed by atoms with Gasteiger partial charge in [-0.2, -0.15) is 0 Å². The van der Waals surface area contributed by atoms with E-state index in [4.69, 9.17) is 0 Å². The van der Waals surface area contributed by atoms with Crippen molar-refractivity contribution in [2.75, 3.05) is 5.32 Å². The van der Waals surface area contributed by atoms with Gasteiger partial charge in [0.05, 0.1) is 10.5 Å². The van der Waals surface area contributed by atoms with Crippen molar-refractivity contribution in [3.63, 3.8) is 0 Å². The standard InChI is InChI=1S/C15H14N2O4/c1-10(18)16-12-6-4-5-11(9-12)15(19)13-7-2-3-8-14(13)17(20)21/h2-9,15,19H,1H3,(H,16,18). The molecule has 0 bridgehead atoms. The summed E-state index contributed by atoms with van der Waals surface area (Å²) in [6.07, 6.45) is -1.14. The summed E-state index contributed by atoms with van der Waals surface area (Å²) in [6.45, 7) is 1.38. The highest BCUT2D eigenvalue weighted by molar-refractivity contribution is 5.88. The van der Waals surface area contributed by atoms with Crippen LogP contribution in [0.1, 0.15) is 24.2 Å². The number of nitro benzene ring substituents is 1. The lowest BCUT2D eigenvalue weighted by Crippen LogP contribution is -2.08. The van der Waals surface area contributed by atoms with Gasteiger partial charge < -0.3 is 10.4 Å². The molecule has 0 saturated carbocycles. The summed E-state index contributed by atoms with van der Waals surface area (Å²) in [4.78, 5) is 21.5. The van der Waals surface area contributed by atoms with E-state index in [1.165, 1.54) is 19.1 Å². The Labute approximate surface area is 121 Å². The number of benzene rings is 2. The number of para-hydroxylation sites is 1. The first kappa shape index (κ1) is 14.7. The van der Waals surface area contributed by atoms with Crippen LogP contribution in [0.4, 0.5) is 11.4 Å². The molecule has 2 N–H and O–H groups in total. The lowest BCUT2D eigenvalue weighted by atomic mass is 9.99. The molecule has 0 fully saturated rings. The fraction of sp³-hybridized carbons (Fsp3) is 0.133. The molecule has 2 aromatic rings. The van der Waals surface area contributed by atoms with Gasteiger partial charge in [-0.05, 0) is 23.8 Å². The largest absolute Gasteiger partial charge is 0.383 e. The summed E-state index contributed by atoms with van der Waals surface area (Å²) in [5, 5.41) is 24.0. The van der Waals surface area contributed by atoms with E-state index in [-0.39, 0.29) is 17.2 Å². The second-order valence-electron chi connectivity index (χ2n) is 4.53. The highest BCUT2D eigenvalue weighted by atomic mass is 16.6. The van der Waals surface area contributed by atoms with Crippen molar-refractivity contribution >= 4 is 17.3 Å². The molecule has 21 heavy (non-hydrogen) atoms. The highest BCUT2D eigenvalue weighted by Crippen LogP contribution is 2.30. The summed E-state index contributed by atoms with van der Waals surface area (Å²) in [7, 11) is 0. The van der Waals surface area contributed by atoms with Crippen LogP contribution in [0.5, 0.6) is 0 Å². The Hall–Kier alpha value is -2.73. The van der Waals surface area contributed by atoms with Gasteiger partial charge in [-0.3, -0.25) is 14.9 Å². The van der Waals surface area contributed by atoms with Gasteiger partial charge in [0.1, 0.15) is 6.10 Å². The number of nitrogens with one attached hydrogen (secondary N) is 1. The van der Waals surface area contributed by atoms with Gasteiger partial charge in [0, 0.05) is 18.7 Å². The molecule has 2 rings (SSSR count). The predicted molar refractivity (Wildman–Crippen MR) is 77.9 cm³/mol. The van der Waals surface area contributed by atoms with Crippen molar-refractivity contribution < 1.29 is 14.8 Å². The third-order valence-corrected chi connectivity index (χ3v) is 2.95. The average molecular weight is 286 g/mol. The Morgan fingerprint density at radius 2 is 1.95 bits per heavy atom. The Kier molecular flexibility index (Phi) is 4.30. The van der Waals surface area contributed by atoms with Crippen LogP contribution in [-0.4, -0.2) is 15.9 Å². The molecular weight excluding hydrogens is 272 g/mol. The number of aliphatic hydroxyl groups is 1. The van der Waals surface area contributed by atoms with E-state index in [1.807, 2.05) is 0 Å². The van der Waals surface area contributed by atoms with Crippen LogP contribution in [0, 0.1) is 10.1 Å². The molecular formula is C15H14N2O4. The van der Waals surface area contributed by atoms with Gasteiger partial charge in [-0.1, -0.05) is 24.3 Å². The third kappa shape index (κ3) is 3.43. The van der Waals surface area contributed by atoms with Crippen LogP contribution in [0.25, 0.3) is 0 Å². The molecule has 1 unspecified atom stereocenters. The third-order valence-electron chi connectivity index (χ3n) is 2.95. The summed E-state index contributed by atoms with van der Waals surface area (Å²) in [6, 6.07) is 12.6. The molecule has 1 atom stereocenters. The van der Waals surface area contributed by atoms with E-state index in [0.29, 0.717) is 11.3 Å². The first-order valence-electron chi connectivity index (χ1n) is 6.28. The van der Waals surface area contributed by atoms with Crippen molar-refractivity contribution in [2.24, 2.45) is 0 Å². The first-order valence-corrected chi connectivity index (χ1v) is 6.28. The fourth-order valence-electron chi connectivity index (χ4n) is 2.05. The second kappa shape index (κ2) is 6.15. The topological polar surface area (TPSA) is 92.5 Å². The van der Waals surface area contributed by atoms with Gasteiger partial charge in [0.15, 0.2) is 0 Å². The van der Waals surface area contributed by atoms with E-state index in [9.17, 15) is 20.0 Å². The van der Waals surface area contributed by atoms with E-state index in [1.54, 1.807) is 36.4 Å². The minimum Gasteiger partial charge on any atom is -0.383 e. The number of nitrogens with zero attached hydrogens (tertiary/aromatic N) is 1. The van der Waals surface area contributed by atoms with Crippen LogP contribution in [0.15, 0.2) is 48.5 Å². The number of hydrogen-bond donors (Lipinski definition) is 2. The molecule has 0 aromatic heterocycles. The van der Waals surface area contributed by atoms with Gasteiger partial charge in [0.2, 0.25) is 5.91 Å². The van der Waals surface area contributed by atoms with Crippen LogP contribution in [0.3, 0.4) is 0 Å². The number of anilines is 1. The minimum absolute atomic E-state index is 0.144. The van der Waals surface area contributed by atoms with Gasteiger partial charge in [-0.25, -0.2) is 0 Å². The van der Waals surface area contributed by atoms with Crippen molar-refractivity contribution in [2.45, 2.75) is 13.0 Å². The lowest BCUT2D eigenvalue weighted by molar-refractivity contribution is -0.386. The van der Waals surface area contributed by atoms with E-state index < -0.39 is 11.0 Å². The van der Waals surface area contributed by atoms with Gasteiger partial charge in [-0.15, -0.1) is 0 Å². The Morgan fingerprint density at radius 1 is 1.24 bits per heavy atom. The van der Waals surface area contributed by atoms with E-state index >= 15 is 0 Å². The molecule has 6 nitrogen and oxygen atoms in total. The number of amides is 1. The normalized spacial score (nSPS) is 11.7. The van der Waals surface area contributed by atoms with Gasteiger partial charge in [0.25, 0.3) is 5.69 Å². The molecule has 0 saturated heterocycles. The van der Waals surface area contributed by atoms with Crippen molar-refractivity contribution in [1.82, 2.24) is 0 Å². The van der Waals surface area contributed by atoms with E-state index in [0.717, 1.165) is 0 Å². The zero-order chi connectivity index (χ0) is 15.4. The fourth-order valence-corrected chi connectivity index (χ4v) is 2.05. The Bertz CT molecular complexity index is 685. The van der Waals surface area contributed by atoms with Gasteiger partial charge >= 0.3 is 0 Å². The molecule has 2 aromatic carbocycles. The Morgan fingerprint density at radius 3 is 2.62 bits per heavy atom. The van der Waals surface area contributed by atoms with Crippen LogP contribution >= 0.6 is 0 Å². The highest BCUT2D eigenvalue weighted by Gasteiger charge is 2.21. The maximum atomic E-state index is 11.0. The number of aliphatic hydroxyl groups excluding tert-OH is 1. The average Bonchev–Trinajstić information content (AvgIpc) is 2.46. The smallest absolute Gasteiger partial charge is 0.275 e. The number of carbonyl (C=O) groups excluding carboxylic acids is 1. The summed E-state index contributed by atoms with van der Waals surface area (Å²) in [5.41, 5.74) is 1.06. The maximum absolute atomic E-state index is 11.0. The van der Waals surface area contributed by atoms with E-state index in [2.05, 4.69) is 5.32 Å². The Balaban J connectivity index is 2.38. The van der Waals surface area contributed by atoms with Crippen LogP contribution < -0.4 is 5.32 Å². The molecule has 0 spiro atoms. The molecule has 0 aliphatic rings. The molecule has 108 valence electrons. The predicted octanol–water partition coefficient (Wildman–Crippen LogP) is 2.63. The monoisotopic (exact) mass is 286 g/mol. The molecule has 0 radical (unpaired) electrons. The zero-order valence-electron chi connectivity index (χ0n) is 11.3. The molecule has 6 heteroatoms. The number of nitro groups is 1. The molecule has 0 heterocycles. The zero-order valence-corrected chi connectivity index (χ0v) is 11.3. The lowest BCUT2D eigenvalue weighted by Gasteiger charge is -2.13. The van der Waals surface area contributed by atoms with Crippen molar-refractivity contribution in [1.29, 1.82) is 0 Å². The van der Waals surface area contributed by atoms with Crippen molar-refractivity contribution in [3.8, 4) is 0 Å². The van der Waals surface area contributed by atoms with Crippen LogP contribution in [-0.2, 0) is 4.79 Å². The second-order valence-corrected chi connectivity index (χ2v) is 4.53. The maximum Gasteiger partial charge on any atom is 0.275 e. The summed E-state index contributed by atoms with van der Waals surface area (Å²) in [5.74, 6) is -0.229. The first-order chi connectivity index (χ1) is 9.99. The quantitative estimate of drug-likeness (QED) is 0.667. The number of hydrogen-bond acceptors (Lipinski definition) is 4.